The van der Waals surface area contributed by atoms with Crippen molar-refractivity contribution in [3.8, 4) is 0 Å². The molecule has 1 unspecified atom stereocenters. The van der Waals surface area contributed by atoms with E-state index in [1.807, 2.05) is 0 Å². The van der Waals surface area contributed by atoms with Gasteiger partial charge in [-0.3, -0.25) is 0 Å². The van der Waals surface area contributed by atoms with Crippen LogP contribution in [0.4, 0.5) is 5.69 Å². The highest BCUT2D eigenvalue weighted by molar-refractivity contribution is 5.51. The second-order valence-electron chi connectivity index (χ2n) is 9.85. The summed E-state index contributed by atoms with van der Waals surface area (Å²) in [4.78, 5) is 5.12. The van der Waals surface area contributed by atoms with Gasteiger partial charge in [-0.25, -0.2) is 0 Å². The standard InChI is InChI=1S/C30H52N2/c1-3-5-7-9-11-12-13-14-15-16-21-25-30-31(26-22-17-10-8-6-4-2)27-28-32(30)29-23-19-18-20-24-29/h18-20,23-24,27-28,30H,3-17,21-22,25-26H2,1-2H3. The molecule has 0 N–H and O–H groups in total. The van der Waals surface area contributed by atoms with Crippen molar-refractivity contribution in [3.05, 3.63) is 42.7 Å². The van der Waals surface area contributed by atoms with Gasteiger partial charge in [0.1, 0.15) is 6.17 Å². The highest BCUT2D eigenvalue weighted by atomic mass is 15.4. The van der Waals surface area contributed by atoms with Gasteiger partial charge in [0, 0.05) is 24.6 Å². The van der Waals surface area contributed by atoms with E-state index in [0.29, 0.717) is 6.17 Å². The summed E-state index contributed by atoms with van der Waals surface area (Å²) in [5.74, 6) is 0. The van der Waals surface area contributed by atoms with Gasteiger partial charge in [0.25, 0.3) is 0 Å². The summed E-state index contributed by atoms with van der Waals surface area (Å²) in [6, 6.07) is 11.0. The number of hydrogen-bond donors (Lipinski definition) is 0. The fourth-order valence-electron chi connectivity index (χ4n) is 4.97. The monoisotopic (exact) mass is 440 g/mol. The second-order valence-corrected chi connectivity index (χ2v) is 9.85. The Kier molecular flexibility index (Phi) is 15.1. The minimum atomic E-state index is 0.506. The molecule has 0 amide bonds. The zero-order valence-electron chi connectivity index (χ0n) is 21.4. The maximum atomic E-state index is 2.61. The van der Waals surface area contributed by atoms with Crippen LogP contribution in [0.25, 0.3) is 0 Å². The maximum Gasteiger partial charge on any atom is 0.105 e. The van der Waals surface area contributed by atoms with E-state index in [-0.39, 0.29) is 0 Å². The van der Waals surface area contributed by atoms with E-state index >= 15 is 0 Å². The summed E-state index contributed by atoms with van der Waals surface area (Å²) in [6.45, 7) is 5.80. The normalized spacial score (nSPS) is 15.8. The first-order chi connectivity index (χ1) is 15.9. The summed E-state index contributed by atoms with van der Waals surface area (Å²) in [7, 11) is 0. The maximum absolute atomic E-state index is 2.61. The van der Waals surface area contributed by atoms with Gasteiger partial charge < -0.3 is 9.80 Å². The Morgan fingerprint density at radius 2 is 1.06 bits per heavy atom. The fraction of sp³-hybridized carbons (Fsp3) is 0.733. The van der Waals surface area contributed by atoms with Gasteiger partial charge in [0.05, 0.1) is 0 Å². The van der Waals surface area contributed by atoms with Crippen LogP contribution in [-0.2, 0) is 0 Å². The van der Waals surface area contributed by atoms with Crippen LogP contribution in [-0.4, -0.2) is 17.6 Å². The van der Waals surface area contributed by atoms with Crippen LogP contribution in [0.5, 0.6) is 0 Å². The van der Waals surface area contributed by atoms with E-state index in [2.05, 4.69) is 66.4 Å². The second kappa shape index (κ2) is 18.0. The predicted molar refractivity (Wildman–Crippen MR) is 143 cm³/mol. The summed E-state index contributed by atoms with van der Waals surface area (Å²) < 4.78 is 0. The van der Waals surface area contributed by atoms with E-state index in [1.165, 1.54) is 128 Å². The van der Waals surface area contributed by atoms with Crippen molar-refractivity contribution < 1.29 is 0 Å². The van der Waals surface area contributed by atoms with Crippen LogP contribution in [0, 0.1) is 0 Å². The summed E-state index contributed by atoms with van der Waals surface area (Å²) in [6.07, 6.45) is 30.3. The van der Waals surface area contributed by atoms with Crippen LogP contribution in [0.3, 0.4) is 0 Å². The van der Waals surface area contributed by atoms with Gasteiger partial charge >= 0.3 is 0 Å². The third kappa shape index (κ3) is 10.9. The molecule has 0 aliphatic carbocycles. The van der Waals surface area contributed by atoms with Gasteiger partial charge in [0.2, 0.25) is 0 Å². The average Bonchev–Trinajstić information content (AvgIpc) is 3.23. The molecule has 1 aliphatic heterocycles. The molecule has 0 aromatic heterocycles. The van der Waals surface area contributed by atoms with Crippen LogP contribution < -0.4 is 4.90 Å². The van der Waals surface area contributed by atoms with E-state index in [9.17, 15) is 0 Å². The summed E-state index contributed by atoms with van der Waals surface area (Å²) in [5, 5.41) is 0. The summed E-state index contributed by atoms with van der Waals surface area (Å²) >= 11 is 0. The summed E-state index contributed by atoms with van der Waals surface area (Å²) in [5.41, 5.74) is 1.34. The van der Waals surface area contributed by atoms with Crippen molar-refractivity contribution in [3.63, 3.8) is 0 Å². The number of benzene rings is 1. The molecule has 1 heterocycles. The molecule has 1 aromatic carbocycles. The van der Waals surface area contributed by atoms with Gasteiger partial charge in [-0.05, 0) is 31.4 Å². The van der Waals surface area contributed by atoms with Crippen LogP contribution >= 0.6 is 0 Å². The van der Waals surface area contributed by atoms with Crippen LogP contribution in [0.15, 0.2) is 42.7 Å². The number of hydrogen-bond acceptors (Lipinski definition) is 2. The molecule has 182 valence electrons. The number of para-hydroxylation sites is 1. The lowest BCUT2D eigenvalue weighted by Gasteiger charge is -2.33. The van der Waals surface area contributed by atoms with Crippen molar-refractivity contribution in [2.45, 2.75) is 136 Å². The molecule has 0 radical (unpaired) electrons. The first kappa shape index (κ1) is 26.8. The first-order valence-electron chi connectivity index (χ1n) is 14.1. The topological polar surface area (TPSA) is 6.48 Å². The Morgan fingerprint density at radius 3 is 1.62 bits per heavy atom. The van der Waals surface area contributed by atoms with Crippen molar-refractivity contribution in [1.82, 2.24) is 4.90 Å². The van der Waals surface area contributed by atoms with Crippen molar-refractivity contribution in [1.29, 1.82) is 0 Å². The van der Waals surface area contributed by atoms with Crippen LogP contribution in [0.1, 0.15) is 129 Å². The van der Waals surface area contributed by atoms with Gasteiger partial charge in [-0.1, -0.05) is 128 Å². The fourth-order valence-corrected chi connectivity index (χ4v) is 4.97. The Bertz CT molecular complexity index is 567. The van der Waals surface area contributed by atoms with Gasteiger partial charge in [-0.2, -0.15) is 0 Å². The minimum Gasteiger partial charge on any atom is -0.356 e. The quantitative estimate of drug-likeness (QED) is 0.186. The lowest BCUT2D eigenvalue weighted by atomic mass is 10.0. The highest BCUT2D eigenvalue weighted by Gasteiger charge is 2.26. The molecule has 2 heteroatoms. The molecule has 1 aromatic rings. The molecule has 0 saturated carbocycles. The molecule has 32 heavy (non-hydrogen) atoms. The molecular weight excluding hydrogens is 388 g/mol. The Labute approximate surface area is 200 Å². The third-order valence-corrected chi connectivity index (χ3v) is 7.01. The van der Waals surface area contributed by atoms with Gasteiger partial charge in [-0.15, -0.1) is 0 Å². The Morgan fingerprint density at radius 1 is 0.562 bits per heavy atom. The molecule has 1 aliphatic rings. The first-order valence-corrected chi connectivity index (χ1v) is 14.1. The van der Waals surface area contributed by atoms with E-state index in [1.54, 1.807) is 0 Å². The smallest absolute Gasteiger partial charge is 0.105 e. The largest absolute Gasteiger partial charge is 0.356 e. The van der Waals surface area contributed by atoms with Crippen molar-refractivity contribution >= 4 is 5.69 Å². The predicted octanol–water partition coefficient (Wildman–Crippen LogP) is 9.67. The number of anilines is 1. The van der Waals surface area contributed by atoms with Gasteiger partial charge in [0.15, 0.2) is 0 Å². The number of unbranched alkanes of at least 4 members (excludes halogenated alkanes) is 15. The van der Waals surface area contributed by atoms with E-state index < -0.39 is 0 Å². The molecule has 0 fully saturated rings. The zero-order valence-corrected chi connectivity index (χ0v) is 21.4. The highest BCUT2D eigenvalue weighted by Crippen LogP contribution is 2.28. The van der Waals surface area contributed by atoms with Crippen LogP contribution in [0.2, 0.25) is 0 Å². The Balaban J connectivity index is 1.66. The molecule has 0 bridgehead atoms. The SMILES string of the molecule is CCCCCCCCCCCCCC1N(CCCCCCCC)C=CN1c1ccccc1. The zero-order chi connectivity index (χ0) is 22.7. The third-order valence-electron chi connectivity index (χ3n) is 7.01. The number of nitrogens with zero attached hydrogens (tertiary/aromatic N) is 2. The lowest BCUT2D eigenvalue weighted by molar-refractivity contribution is 0.273. The Hall–Kier alpha value is -1.44. The minimum absolute atomic E-state index is 0.506. The molecule has 2 nitrogen and oxygen atoms in total. The molecular formula is C30H52N2. The molecule has 1 atom stereocenters. The van der Waals surface area contributed by atoms with E-state index in [0.717, 1.165) is 0 Å². The average molecular weight is 441 g/mol. The van der Waals surface area contributed by atoms with Crippen molar-refractivity contribution in [2.24, 2.45) is 0 Å². The van der Waals surface area contributed by atoms with Crippen molar-refractivity contribution in [2.75, 3.05) is 11.4 Å². The molecule has 0 saturated heterocycles. The number of rotatable bonds is 20. The molecule has 0 spiro atoms. The van der Waals surface area contributed by atoms with E-state index in [4.69, 9.17) is 0 Å². The lowest BCUT2D eigenvalue weighted by Crippen LogP contribution is -2.39. The molecule has 2 rings (SSSR count).